The van der Waals surface area contributed by atoms with Crippen LogP contribution in [0, 0.1) is 0 Å². The van der Waals surface area contributed by atoms with Gasteiger partial charge in [0.15, 0.2) is 23.0 Å². The number of rotatable bonds is 8. The van der Waals surface area contributed by atoms with Gasteiger partial charge in [-0.3, -0.25) is 9.88 Å². The van der Waals surface area contributed by atoms with Crippen molar-refractivity contribution >= 4 is 10.8 Å². The van der Waals surface area contributed by atoms with Gasteiger partial charge >= 0.3 is 0 Å². The Balaban J connectivity index is 1.75. The molecule has 170 valence electrons. The topological polar surface area (TPSA) is 62.3 Å². The molecule has 2 aromatic carbocycles. The maximum atomic E-state index is 5.55. The van der Waals surface area contributed by atoms with Crippen LogP contribution in [0.15, 0.2) is 36.4 Å². The van der Waals surface area contributed by atoms with Gasteiger partial charge in [0.05, 0.1) is 47.3 Å². The Morgan fingerprint density at radius 1 is 0.812 bits per heavy atom. The van der Waals surface area contributed by atoms with Crippen molar-refractivity contribution in [3.8, 4) is 23.0 Å². The molecule has 0 atom stereocenters. The molecule has 4 rings (SSSR count). The number of morpholine rings is 1. The molecule has 7 nitrogen and oxygen atoms in total. The Bertz CT molecular complexity index is 1080. The lowest BCUT2D eigenvalue weighted by Crippen LogP contribution is -2.36. The van der Waals surface area contributed by atoms with Gasteiger partial charge in [0.25, 0.3) is 0 Å². The minimum Gasteiger partial charge on any atom is -0.493 e. The number of fused-ring (bicyclic) bond motifs is 1. The number of aromatic nitrogens is 1. The highest BCUT2D eigenvalue weighted by atomic mass is 16.5. The van der Waals surface area contributed by atoms with Crippen molar-refractivity contribution in [3.63, 3.8) is 0 Å². The second kappa shape index (κ2) is 10.1. The van der Waals surface area contributed by atoms with E-state index in [1.165, 1.54) is 0 Å². The second-order valence-electron chi connectivity index (χ2n) is 7.74. The van der Waals surface area contributed by atoms with Crippen LogP contribution in [0.4, 0.5) is 0 Å². The molecule has 0 aliphatic carbocycles. The first-order chi connectivity index (χ1) is 15.6. The Hall–Kier alpha value is -3.03. The molecule has 1 aromatic heterocycles. The van der Waals surface area contributed by atoms with Crippen LogP contribution in [0.2, 0.25) is 0 Å². The molecule has 0 saturated carbocycles. The molecule has 3 aromatic rings. The number of hydrogen-bond donors (Lipinski definition) is 0. The van der Waals surface area contributed by atoms with E-state index >= 15 is 0 Å². The Labute approximate surface area is 188 Å². The van der Waals surface area contributed by atoms with E-state index in [-0.39, 0.29) is 0 Å². The number of hydrogen-bond acceptors (Lipinski definition) is 7. The summed E-state index contributed by atoms with van der Waals surface area (Å²) < 4.78 is 27.4. The summed E-state index contributed by atoms with van der Waals surface area (Å²) in [5, 5.41) is 2.15. The minimum atomic E-state index is 0.681. The monoisotopic (exact) mass is 438 g/mol. The van der Waals surface area contributed by atoms with E-state index in [1.54, 1.807) is 28.4 Å². The molecule has 0 spiro atoms. The highest BCUT2D eigenvalue weighted by Crippen LogP contribution is 2.35. The van der Waals surface area contributed by atoms with Gasteiger partial charge in [0.2, 0.25) is 0 Å². The Morgan fingerprint density at radius 2 is 1.47 bits per heavy atom. The fraction of sp³-hybridized carbons (Fsp3) is 0.400. The normalized spacial score (nSPS) is 14.4. The predicted molar refractivity (Wildman–Crippen MR) is 123 cm³/mol. The highest BCUT2D eigenvalue weighted by molar-refractivity contribution is 5.88. The van der Waals surface area contributed by atoms with Gasteiger partial charge in [0.1, 0.15) is 0 Å². The summed E-state index contributed by atoms with van der Waals surface area (Å²) in [6.07, 6.45) is 0.681. The predicted octanol–water partition coefficient (Wildman–Crippen LogP) is 3.69. The fourth-order valence-electron chi connectivity index (χ4n) is 4.09. The average Bonchev–Trinajstić information content (AvgIpc) is 2.83. The van der Waals surface area contributed by atoms with Gasteiger partial charge in [-0.1, -0.05) is 6.07 Å². The fourth-order valence-corrected chi connectivity index (χ4v) is 4.09. The van der Waals surface area contributed by atoms with E-state index in [9.17, 15) is 0 Å². The summed E-state index contributed by atoms with van der Waals surface area (Å²) in [7, 11) is 6.60. The van der Waals surface area contributed by atoms with Crippen molar-refractivity contribution in [2.24, 2.45) is 0 Å². The summed E-state index contributed by atoms with van der Waals surface area (Å²) in [5.74, 6) is 2.84. The zero-order chi connectivity index (χ0) is 22.5. The third kappa shape index (κ3) is 4.74. The summed E-state index contributed by atoms with van der Waals surface area (Å²) in [6.45, 7) is 4.06. The smallest absolute Gasteiger partial charge is 0.161 e. The van der Waals surface area contributed by atoms with Crippen LogP contribution < -0.4 is 18.9 Å². The van der Waals surface area contributed by atoms with Crippen LogP contribution in [0.25, 0.3) is 10.8 Å². The lowest BCUT2D eigenvalue weighted by Gasteiger charge is -2.27. The van der Waals surface area contributed by atoms with Crippen molar-refractivity contribution in [2.75, 3.05) is 54.7 Å². The first-order valence-corrected chi connectivity index (χ1v) is 10.7. The molecule has 32 heavy (non-hydrogen) atoms. The summed E-state index contributed by atoms with van der Waals surface area (Å²) >= 11 is 0. The molecule has 1 saturated heterocycles. The van der Waals surface area contributed by atoms with Crippen molar-refractivity contribution in [2.45, 2.75) is 13.0 Å². The second-order valence-corrected chi connectivity index (χ2v) is 7.74. The minimum absolute atomic E-state index is 0.681. The summed E-state index contributed by atoms with van der Waals surface area (Å²) in [4.78, 5) is 7.45. The van der Waals surface area contributed by atoms with Crippen LogP contribution in [0.1, 0.15) is 17.0 Å². The highest BCUT2D eigenvalue weighted by Gasteiger charge is 2.17. The Kier molecular flexibility index (Phi) is 6.97. The molecule has 1 aliphatic heterocycles. The van der Waals surface area contributed by atoms with Gasteiger partial charge in [-0.2, -0.15) is 0 Å². The van der Waals surface area contributed by atoms with E-state index in [2.05, 4.69) is 11.0 Å². The van der Waals surface area contributed by atoms with Gasteiger partial charge in [-0.15, -0.1) is 0 Å². The molecule has 0 unspecified atom stereocenters. The van der Waals surface area contributed by atoms with Crippen LogP contribution in [0.5, 0.6) is 23.0 Å². The van der Waals surface area contributed by atoms with Crippen LogP contribution in [0.3, 0.4) is 0 Å². The summed E-state index contributed by atoms with van der Waals surface area (Å²) in [6, 6.07) is 12.1. The number of pyridine rings is 1. The van der Waals surface area contributed by atoms with Crippen molar-refractivity contribution < 1.29 is 23.7 Å². The quantitative estimate of drug-likeness (QED) is 0.531. The van der Waals surface area contributed by atoms with Gasteiger partial charge in [-0.25, -0.2) is 0 Å². The van der Waals surface area contributed by atoms with Crippen molar-refractivity contribution in [1.29, 1.82) is 0 Å². The SMILES string of the molecule is COc1ccc(Cc2cc3cc(OC)c(OC)cc3c(CN3CCOCC3)n2)cc1OC. The lowest BCUT2D eigenvalue weighted by atomic mass is 10.0. The number of nitrogens with zero attached hydrogens (tertiary/aromatic N) is 2. The summed E-state index contributed by atoms with van der Waals surface area (Å²) in [5.41, 5.74) is 3.12. The van der Waals surface area contributed by atoms with Crippen LogP contribution in [-0.4, -0.2) is 64.6 Å². The van der Waals surface area contributed by atoms with Gasteiger partial charge < -0.3 is 23.7 Å². The lowest BCUT2D eigenvalue weighted by molar-refractivity contribution is 0.0338. The molecular weight excluding hydrogens is 408 g/mol. The van der Waals surface area contributed by atoms with Crippen LogP contribution >= 0.6 is 0 Å². The number of benzene rings is 2. The maximum absolute atomic E-state index is 5.55. The average molecular weight is 439 g/mol. The van der Waals surface area contributed by atoms with E-state index in [4.69, 9.17) is 28.7 Å². The molecule has 0 N–H and O–H groups in total. The van der Waals surface area contributed by atoms with E-state index in [1.807, 2.05) is 30.3 Å². The van der Waals surface area contributed by atoms with Crippen LogP contribution in [-0.2, 0) is 17.7 Å². The first kappa shape index (κ1) is 22.2. The maximum Gasteiger partial charge on any atom is 0.161 e. The van der Waals surface area contributed by atoms with E-state index < -0.39 is 0 Å². The van der Waals surface area contributed by atoms with Crippen molar-refractivity contribution in [1.82, 2.24) is 9.88 Å². The molecule has 0 amide bonds. The molecule has 0 radical (unpaired) electrons. The third-order valence-electron chi connectivity index (χ3n) is 5.78. The van der Waals surface area contributed by atoms with E-state index in [0.717, 1.165) is 60.6 Å². The number of ether oxygens (including phenoxy) is 5. The molecule has 1 aliphatic rings. The van der Waals surface area contributed by atoms with Gasteiger partial charge in [-0.05, 0) is 41.3 Å². The zero-order valence-electron chi connectivity index (χ0n) is 19.1. The van der Waals surface area contributed by atoms with Crippen molar-refractivity contribution in [3.05, 3.63) is 53.3 Å². The molecule has 0 bridgehead atoms. The Morgan fingerprint density at radius 3 is 2.16 bits per heavy atom. The molecular formula is C25H30N2O5. The molecule has 1 fully saturated rings. The third-order valence-corrected chi connectivity index (χ3v) is 5.78. The largest absolute Gasteiger partial charge is 0.493 e. The number of methoxy groups -OCH3 is 4. The molecule has 2 heterocycles. The zero-order valence-corrected chi connectivity index (χ0v) is 19.1. The standard InChI is InChI=1S/C25H30N2O5/c1-28-22-6-5-17(12-23(22)29-2)11-19-13-18-14-24(30-3)25(31-4)15-20(18)21(26-19)16-27-7-9-32-10-8-27/h5-6,12-15H,7-11,16H2,1-4H3. The first-order valence-electron chi connectivity index (χ1n) is 10.7. The molecule has 7 heteroatoms. The van der Waals surface area contributed by atoms with E-state index in [0.29, 0.717) is 29.4 Å². The van der Waals surface area contributed by atoms with Gasteiger partial charge in [0, 0.05) is 37.1 Å².